The number of aromatic nitrogens is 2. The van der Waals surface area contributed by atoms with E-state index in [1.165, 1.54) is 0 Å². The fourth-order valence-corrected chi connectivity index (χ4v) is 0.742. The SMILES string of the molecule is O=CC(C=O)n1cc([N+](=O)[O-])cn1. The van der Waals surface area contributed by atoms with Crippen LogP contribution in [0.1, 0.15) is 6.04 Å². The van der Waals surface area contributed by atoms with Gasteiger partial charge in [-0.15, -0.1) is 0 Å². The molecular weight excluding hydrogens is 178 g/mol. The van der Waals surface area contributed by atoms with Crippen molar-refractivity contribution in [1.29, 1.82) is 0 Å². The monoisotopic (exact) mass is 183 g/mol. The van der Waals surface area contributed by atoms with E-state index in [2.05, 4.69) is 5.10 Å². The fourth-order valence-electron chi connectivity index (χ4n) is 0.742. The molecule has 13 heavy (non-hydrogen) atoms. The molecule has 0 fully saturated rings. The molecule has 1 aromatic heterocycles. The van der Waals surface area contributed by atoms with Crippen LogP contribution in [0.5, 0.6) is 0 Å². The number of rotatable bonds is 4. The van der Waals surface area contributed by atoms with Gasteiger partial charge in [0.15, 0.2) is 18.6 Å². The van der Waals surface area contributed by atoms with Gasteiger partial charge in [-0.25, -0.2) is 4.68 Å². The van der Waals surface area contributed by atoms with Crippen LogP contribution >= 0.6 is 0 Å². The summed E-state index contributed by atoms with van der Waals surface area (Å²) in [5.41, 5.74) is -0.256. The number of carbonyl (C=O) groups is 2. The molecule has 0 amide bonds. The highest BCUT2D eigenvalue weighted by Crippen LogP contribution is 2.10. The second kappa shape index (κ2) is 3.57. The molecule has 0 radical (unpaired) electrons. The smallest absolute Gasteiger partial charge is 0.300 e. The van der Waals surface area contributed by atoms with E-state index in [0.29, 0.717) is 12.6 Å². The Labute approximate surface area is 72.1 Å². The Hall–Kier alpha value is -2.05. The molecule has 0 unspecified atom stereocenters. The Bertz CT molecular complexity index is 337. The largest absolute Gasteiger partial charge is 0.307 e. The Balaban J connectivity index is 2.96. The van der Waals surface area contributed by atoms with Gasteiger partial charge in [0.25, 0.3) is 0 Å². The summed E-state index contributed by atoms with van der Waals surface area (Å²) in [7, 11) is 0. The standard InChI is InChI=1S/C6H5N3O4/c10-3-6(4-11)8-2-5(1-7-8)9(12)13/h1-4,6H. The Morgan fingerprint density at radius 2 is 2.15 bits per heavy atom. The van der Waals surface area contributed by atoms with Gasteiger partial charge in [0.2, 0.25) is 0 Å². The zero-order valence-corrected chi connectivity index (χ0v) is 6.36. The van der Waals surface area contributed by atoms with E-state index in [9.17, 15) is 19.7 Å². The third-order valence-electron chi connectivity index (χ3n) is 1.38. The van der Waals surface area contributed by atoms with E-state index in [1.54, 1.807) is 0 Å². The topological polar surface area (TPSA) is 95.1 Å². The third kappa shape index (κ3) is 1.75. The van der Waals surface area contributed by atoms with Gasteiger partial charge in [0.05, 0.1) is 4.92 Å². The van der Waals surface area contributed by atoms with Gasteiger partial charge < -0.3 is 9.59 Å². The Kier molecular flexibility index (Phi) is 2.48. The number of nitrogens with zero attached hydrogens (tertiary/aromatic N) is 3. The minimum absolute atomic E-state index is 0.256. The van der Waals surface area contributed by atoms with Gasteiger partial charge in [-0.3, -0.25) is 10.1 Å². The van der Waals surface area contributed by atoms with E-state index < -0.39 is 11.0 Å². The van der Waals surface area contributed by atoms with Gasteiger partial charge in [-0.05, 0) is 0 Å². The first-order chi connectivity index (χ1) is 6.19. The molecule has 7 nitrogen and oxygen atoms in total. The van der Waals surface area contributed by atoms with Crippen molar-refractivity contribution >= 4 is 18.3 Å². The quantitative estimate of drug-likeness (QED) is 0.277. The average molecular weight is 183 g/mol. The number of carbonyl (C=O) groups excluding carboxylic acids is 2. The molecule has 0 aliphatic rings. The first-order valence-electron chi connectivity index (χ1n) is 3.28. The van der Waals surface area contributed by atoms with Gasteiger partial charge in [0, 0.05) is 0 Å². The van der Waals surface area contributed by atoms with Crippen molar-refractivity contribution in [2.45, 2.75) is 6.04 Å². The summed E-state index contributed by atoms with van der Waals surface area (Å²) in [5, 5.41) is 13.7. The molecule has 0 spiro atoms. The second-order valence-electron chi connectivity index (χ2n) is 2.20. The van der Waals surface area contributed by atoms with E-state index in [-0.39, 0.29) is 5.69 Å². The van der Waals surface area contributed by atoms with Crippen LogP contribution in [0.25, 0.3) is 0 Å². The number of hydrogen-bond acceptors (Lipinski definition) is 5. The minimum Gasteiger partial charge on any atom is -0.300 e. The molecule has 0 bridgehead atoms. The van der Waals surface area contributed by atoms with Crippen LogP contribution in [-0.4, -0.2) is 27.3 Å². The predicted octanol–water partition coefficient (Wildman–Crippen LogP) is -0.270. The molecule has 0 saturated heterocycles. The number of hydrogen-bond donors (Lipinski definition) is 0. The molecule has 0 aliphatic carbocycles. The first kappa shape index (κ1) is 9.04. The van der Waals surface area contributed by atoms with Crippen molar-refractivity contribution in [3.05, 3.63) is 22.5 Å². The molecule has 0 aliphatic heterocycles. The molecule has 7 heteroatoms. The van der Waals surface area contributed by atoms with Crippen LogP contribution in [0.15, 0.2) is 12.4 Å². The Morgan fingerprint density at radius 3 is 2.54 bits per heavy atom. The first-order valence-corrected chi connectivity index (χ1v) is 3.28. The van der Waals surface area contributed by atoms with Crippen LogP contribution in [0.3, 0.4) is 0 Å². The molecule has 1 aromatic rings. The zero-order chi connectivity index (χ0) is 9.84. The highest BCUT2D eigenvalue weighted by atomic mass is 16.6. The summed E-state index contributed by atoms with van der Waals surface area (Å²) in [4.78, 5) is 30.0. The van der Waals surface area contributed by atoms with Crippen LogP contribution in [0, 0.1) is 10.1 Å². The second-order valence-corrected chi connectivity index (χ2v) is 2.20. The van der Waals surface area contributed by atoms with Gasteiger partial charge >= 0.3 is 5.69 Å². The van der Waals surface area contributed by atoms with Crippen molar-refractivity contribution in [3.8, 4) is 0 Å². The molecule has 0 saturated carbocycles. The van der Waals surface area contributed by atoms with Crippen LogP contribution in [-0.2, 0) is 9.59 Å². The summed E-state index contributed by atoms with van der Waals surface area (Å²) in [6.45, 7) is 0. The maximum absolute atomic E-state index is 10.3. The predicted molar refractivity (Wildman–Crippen MR) is 40.0 cm³/mol. The molecule has 68 valence electrons. The summed E-state index contributed by atoms with van der Waals surface area (Å²) in [5.74, 6) is 0. The van der Waals surface area contributed by atoms with Crippen molar-refractivity contribution in [1.82, 2.24) is 9.78 Å². The molecular formula is C6H5N3O4. The molecule has 0 atom stereocenters. The minimum atomic E-state index is -1.09. The molecule has 1 heterocycles. The van der Waals surface area contributed by atoms with Crippen molar-refractivity contribution in [2.75, 3.05) is 0 Å². The summed E-state index contributed by atoms with van der Waals surface area (Å²) in [6, 6.07) is -1.09. The van der Waals surface area contributed by atoms with Crippen molar-refractivity contribution < 1.29 is 14.5 Å². The van der Waals surface area contributed by atoms with Gasteiger partial charge in [0.1, 0.15) is 12.4 Å². The highest BCUT2D eigenvalue weighted by Gasteiger charge is 2.14. The molecule has 1 rings (SSSR count). The normalized spacial score (nSPS) is 9.92. The van der Waals surface area contributed by atoms with Crippen molar-refractivity contribution in [2.24, 2.45) is 0 Å². The van der Waals surface area contributed by atoms with E-state index in [1.807, 2.05) is 0 Å². The highest BCUT2D eigenvalue weighted by molar-refractivity contribution is 5.79. The summed E-state index contributed by atoms with van der Waals surface area (Å²) < 4.78 is 0.929. The zero-order valence-electron chi connectivity index (χ0n) is 6.36. The molecule has 0 aromatic carbocycles. The maximum Gasteiger partial charge on any atom is 0.307 e. The van der Waals surface area contributed by atoms with E-state index in [4.69, 9.17) is 0 Å². The third-order valence-corrected chi connectivity index (χ3v) is 1.38. The lowest BCUT2D eigenvalue weighted by atomic mass is 10.4. The van der Waals surface area contributed by atoms with Gasteiger partial charge in [-0.1, -0.05) is 0 Å². The van der Waals surface area contributed by atoms with Crippen molar-refractivity contribution in [3.63, 3.8) is 0 Å². The summed E-state index contributed by atoms with van der Waals surface area (Å²) >= 11 is 0. The molecule has 0 N–H and O–H groups in total. The summed E-state index contributed by atoms with van der Waals surface area (Å²) in [6.07, 6.45) is 2.70. The fraction of sp³-hybridized carbons (Fsp3) is 0.167. The van der Waals surface area contributed by atoms with Crippen LogP contribution in [0.2, 0.25) is 0 Å². The van der Waals surface area contributed by atoms with Crippen LogP contribution in [0.4, 0.5) is 5.69 Å². The lowest BCUT2D eigenvalue weighted by Crippen LogP contribution is -2.11. The van der Waals surface area contributed by atoms with E-state index in [0.717, 1.165) is 17.1 Å². The maximum atomic E-state index is 10.3. The average Bonchev–Trinajstić information content (AvgIpc) is 2.56. The number of nitro groups is 1. The number of aldehydes is 2. The lowest BCUT2D eigenvalue weighted by molar-refractivity contribution is -0.385. The van der Waals surface area contributed by atoms with Gasteiger partial charge in [-0.2, -0.15) is 5.10 Å². The Morgan fingerprint density at radius 1 is 1.54 bits per heavy atom. The lowest BCUT2D eigenvalue weighted by Gasteiger charge is -1.98. The van der Waals surface area contributed by atoms with E-state index >= 15 is 0 Å². The van der Waals surface area contributed by atoms with Crippen LogP contribution < -0.4 is 0 Å².